The molecule has 90 valence electrons. The summed E-state index contributed by atoms with van der Waals surface area (Å²) in [4.78, 5) is 1.27. The number of nitrogens with one attached hydrogen (secondary N) is 1. The molecule has 1 N–H and O–H groups in total. The summed E-state index contributed by atoms with van der Waals surface area (Å²) in [6, 6.07) is 8.15. The summed E-state index contributed by atoms with van der Waals surface area (Å²) < 4.78 is 2.13. The molecule has 0 bridgehead atoms. The topological polar surface area (TPSA) is 12.0 Å². The molecule has 2 aromatic rings. The predicted molar refractivity (Wildman–Crippen MR) is 83.2 cm³/mol. The van der Waals surface area contributed by atoms with E-state index in [0.29, 0.717) is 0 Å². The zero-order chi connectivity index (χ0) is 12.4. The quantitative estimate of drug-likeness (QED) is 0.662. The van der Waals surface area contributed by atoms with Gasteiger partial charge in [0.2, 0.25) is 0 Å². The molecule has 1 aromatic carbocycles. The first-order valence-corrected chi connectivity index (χ1v) is 7.86. The van der Waals surface area contributed by atoms with E-state index < -0.39 is 0 Å². The largest absolute Gasteiger partial charge is 0.376 e. The van der Waals surface area contributed by atoms with Crippen molar-refractivity contribution in [2.45, 2.75) is 13.0 Å². The average Bonchev–Trinajstić information content (AvgIpc) is 2.70. The monoisotopic (exact) mass is 393 g/mol. The SMILES string of the molecule is CC(Nc1cc(Br)ccc1Cl)c1cc(Br)cs1. The molecule has 1 nitrogen and oxygen atoms in total. The van der Waals surface area contributed by atoms with Crippen molar-refractivity contribution in [3.05, 3.63) is 48.5 Å². The number of anilines is 1. The Kier molecular flexibility index (Phi) is 4.53. The molecule has 0 amide bonds. The number of hydrogen-bond acceptors (Lipinski definition) is 2. The number of halogens is 3. The first-order chi connectivity index (χ1) is 8.06. The van der Waals surface area contributed by atoms with Gasteiger partial charge in [0.15, 0.2) is 0 Å². The van der Waals surface area contributed by atoms with Gasteiger partial charge in [-0.3, -0.25) is 0 Å². The second kappa shape index (κ2) is 5.74. The summed E-state index contributed by atoms with van der Waals surface area (Å²) in [7, 11) is 0. The normalized spacial score (nSPS) is 12.5. The molecule has 0 fully saturated rings. The first kappa shape index (κ1) is 13.4. The second-order valence-corrected chi connectivity index (χ2v) is 6.84. The first-order valence-electron chi connectivity index (χ1n) is 5.02. The Hall–Kier alpha value is -0.0300. The predicted octanol–water partition coefficient (Wildman–Crippen LogP) is 6.10. The lowest BCUT2D eigenvalue weighted by Crippen LogP contribution is -2.05. The van der Waals surface area contributed by atoms with Crippen molar-refractivity contribution in [2.24, 2.45) is 0 Å². The molecule has 0 saturated carbocycles. The maximum atomic E-state index is 6.14. The van der Waals surface area contributed by atoms with Gasteiger partial charge in [-0.2, -0.15) is 0 Å². The standard InChI is InChI=1S/C12H10Br2ClNS/c1-7(12-5-9(14)6-17-12)16-11-4-8(13)2-3-10(11)15/h2-7,16H,1H3. The van der Waals surface area contributed by atoms with Crippen LogP contribution in [0, 0.1) is 0 Å². The van der Waals surface area contributed by atoms with E-state index in [-0.39, 0.29) is 6.04 Å². The highest BCUT2D eigenvalue weighted by Gasteiger charge is 2.10. The molecule has 0 radical (unpaired) electrons. The Morgan fingerprint density at radius 1 is 1.24 bits per heavy atom. The van der Waals surface area contributed by atoms with Crippen LogP contribution in [0.25, 0.3) is 0 Å². The van der Waals surface area contributed by atoms with E-state index in [1.165, 1.54) is 4.88 Å². The Bertz CT molecular complexity index is 527. The minimum Gasteiger partial charge on any atom is -0.376 e. The van der Waals surface area contributed by atoms with Crippen LogP contribution < -0.4 is 5.32 Å². The molecule has 2 rings (SSSR count). The summed E-state index contributed by atoms with van der Waals surface area (Å²) in [5, 5.41) is 6.22. The highest BCUT2D eigenvalue weighted by atomic mass is 79.9. The maximum absolute atomic E-state index is 6.14. The maximum Gasteiger partial charge on any atom is 0.0638 e. The Balaban J connectivity index is 2.18. The van der Waals surface area contributed by atoms with Crippen molar-refractivity contribution in [1.82, 2.24) is 0 Å². The third-order valence-corrected chi connectivity index (χ3v) is 5.01. The number of hydrogen-bond donors (Lipinski definition) is 1. The Labute approximate surface area is 126 Å². The molecule has 0 aliphatic heterocycles. The molecule has 0 aliphatic rings. The van der Waals surface area contributed by atoms with Gasteiger partial charge in [0.1, 0.15) is 0 Å². The molecule has 0 saturated heterocycles. The number of benzene rings is 1. The van der Waals surface area contributed by atoms with Crippen LogP contribution in [0.4, 0.5) is 5.69 Å². The lowest BCUT2D eigenvalue weighted by atomic mass is 10.2. The number of thiophene rings is 1. The Morgan fingerprint density at radius 3 is 2.65 bits per heavy atom. The zero-order valence-corrected chi connectivity index (χ0v) is 13.8. The van der Waals surface area contributed by atoms with E-state index >= 15 is 0 Å². The molecular formula is C12H10Br2ClNS. The van der Waals surface area contributed by atoms with Crippen LogP contribution in [0.15, 0.2) is 38.6 Å². The molecular weight excluding hydrogens is 385 g/mol. The van der Waals surface area contributed by atoms with Crippen LogP contribution in [-0.2, 0) is 0 Å². The summed E-state index contributed by atoms with van der Waals surface area (Å²) >= 11 is 14.8. The molecule has 1 heterocycles. The van der Waals surface area contributed by atoms with Gasteiger partial charge in [-0.05, 0) is 47.1 Å². The Morgan fingerprint density at radius 2 is 2.00 bits per heavy atom. The van der Waals surface area contributed by atoms with Crippen LogP contribution >= 0.6 is 54.8 Å². The summed E-state index contributed by atoms with van der Waals surface area (Å²) in [6.07, 6.45) is 0. The van der Waals surface area contributed by atoms with Gasteiger partial charge in [-0.15, -0.1) is 11.3 Å². The van der Waals surface area contributed by atoms with Crippen molar-refractivity contribution < 1.29 is 0 Å². The molecule has 1 unspecified atom stereocenters. The van der Waals surface area contributed by atoms with Crippen LogP contribution in [0.5, 0.6) is 0 Å². The van der Waals surface area contributed by atoms with E-state index in [4.69, 9.17) is 11.6 Å². The lowest BCUT2D eigenvalue weighted by molar-refractivity contribution is 0.907. The van der Waals surface area contributed by atoms with Gasteiger partial charge in [0, 0.05) is 19.2 Å². The lowest BCUT2D eigenvalue weighted by Gasteiger charge is -2.15. The van der Waals surface area contributed by atoms with Crippen LogP contribution in [0.2, 0.25) is 5.02 Å². The van der Waals surface area contributed by atoms with Gasteiger partial charge >= 0.3 is 0 Å². The summed E-state index contributed by atoms with van der Waals surface area (Å²) in [6.45, 7) is 2.12. The van der Waals surface area contributed by atoms with Crippen LogP contribution in [-0.4, -0.2) is 0 Å². The smallest absolute Gasteiger partial charge is 0.0638 e. The van der Waals surface area contributed by atoms with Crippen molar-refractivity contribution in [3.63, 3.8) is 0 Å². The zero-order valence-electron chi connectivity index (χ0n) is 9.01. The van der Waals surface area contributed by atoms with E-state index in [9.17, 15) is 0 Å². The minimum absolute atomic E-state index is 0.234. The third kappa shape index (κ3) is 3.47. The summed E-state index contributed by atoms with van der Waals surface area (Å²) in [5.74, 6) is 0. The summed E-state index contributed by atoms with van der Waals surface area (Å²) in [5.41, 5.74) is 0.943. The van der Waals surface area contributed by atoms with Gasteiger partial charge in [-0.25, -0.2) is 0 Å². The fourth-order valence-corrected chi connectivity index (χ4v) is 3.45. The fourth-order valence-electron chi connectivity index (χ4n) is 1.47. The molecule has 0 aliphatic carbocycles. The molecule has 0 spiro atoms. The highest BCUT2D eigenvalue weighted by molar-refractivity contribution is 9.10. The second-order valence-electron chi connectivity index (χ2n) is 3.66. The van der Waals surface area contributed by atoms with Crippen molar-refractivity contribution in [2.75, 3.05) is 5.32 Å². The minimum atomic E-state index is 0.234. The van der Waals surface area contributed by atoms with E-state index in [1.54, 1.807) is 11.3 Å². The van der Waals surface area contributed by atoms with Gasteiger partial charge < -0.3 is 5.32 Å². The molecule has 5 heteroatoms. The highest BCUT2D eigenvalue weighted by Crippen LogP contribution is 2.32. The fraction of sp³-hybridized carbons (Fsp3) is 0.167. The van der Waals surface area contributed by atoms with Crippen LogP contribution in [0.1, 0.15) is 17.8 Å². The van der Waals surface area contributed by atoms with Crippen molar-refractivity contribution >= 4 is 60.5 Å². The van der Waals surface area contributed by atoms with Crippen molar-refractivity contribution in [1.29, 1.82) is 0 Å². The van der Waals surface area contributed by atoms with E-state index in [1.807, 2.05) is 18.2 Å². The van der Waals surface area contributed by atoms with E-state index in [2.05, 4.69) is 55.5 Å². The average molecular weight is 396 g/mol. The third-order valence-electron chi connectivity index (χ3n) is 2.31. The number of rotatable bonds is 3. The molecule has 1 aromatic heterocycles. The molecule has 1 atom stereocenters. The molecule has 17 heavy (non-hydrogen) atoms. The van der Waals surface area contributed by atoms with Gasteiger partial charge in [-0.1, -0.05) is 27.5 Å². The van der Waals surface area contributed by atoms with Gasteiger partial charge in [0.25, 0.3) is 0 Å². The van der Waals surface area contributed by atoms with Crippen molar-refractivity contribution in [3.8, 4) is 0 Å². The van der Waals surface area contributed by atoms with E-state index in [0.717, 1.165) is 19.7 Å². The van der Waals surface area contributed by atoms with Gasteiger partial charge in [0.05, 0.1) is 16.8 Å². The van der Waals surface area contributed by atoms with Crippen LogP contribution in [0.3, 0.4) is 0 Å².